The smallest absolute Gasteiger partial charge is 0.339 e. The molecule has 0 spiro atoms. The zero-order valence-corrected chi connectivity index (χ0v) is 12.6. The minimum absolute atomic E-state index is 0.443. The van der Waals surface area contributed by atoms with Crippen molar-refractivity contribution in [3.8, 4) is 10.6 Å². The Morgan fingerprint density at radius 3 is 2.57 bits per heavy atom. The molecule has 0 fully saturated rings. The summed E-state index contributed by atoms with van der Waals surface area (Å²) < 4.78 is 39.5. The minimum atomic E-state index is -4.34. The van der Waals surface area contributed by atoms with E-state index in [1.807, 2.05) is 5.38 Å². The predicted octanol–water partition coefficient (Wildman–Crippen LogP) is 4.49. The van der Waals surface area contributed by atoms with Gasteiger partial charge in [0.15, 0.2) is 6.29 Å². The van der Waals surface area contributed by atoms with Crippen LogP contribution in [0.5, 0.6) is 0 Å². The predicted molar refractivity (Wildman–Crippen MR) is 81.5 cm³/mol. The molecule has 2 aromatic heterocycles. The van der Waals surface area contributed by atoms with E-state index in [0.29, 0.717) is 22.8 Å². The summed E-state index contributed by atoms with van der Waals surface area (Å²) in [5.41, 5.74) is 1.26. The summed E-state index contributed by atoms with van der Waals surface area (Å²) in [7, 11) is 0. The van der Waals surface area contributed by atoms with E-state index in [4.69, 9.17) is 0 Å². The van der Waals surface area contributed by atoms with Gasteiger partial charge in [0.1, 0.15) is 5.01 Å². The topological polar surface area (TPSA) is 34.9 Å². The Morgan fingerprint density at radius 1 is 1.17 bits per heavy atom. The number of nitrogens with zero attached hydrogens (tertiary/aromatic N) is 2. The molecule has 1 aromatic carbocycles. The highest BCUT2D eigenvalue weighted by molar-refractivity contribution is 7.13. The van der Waals surface area contributed by atoms with Gasteiger partial charge in [0.25, 0.3) is 0 Å². The first-order valence-electron chi connectivity index (χ1n) is 6.70. The average molecular weight is 336 g/mol. The van der Waals surface area contributed by atoms with Crippen molar-refractivity contribution in [3.63, 3.8) is 0 Å². The number of aromatic nitrogens is 2. The lowest BCUT2D eigenvalue weighted by molar-refractivity contribution is -0.137. The van der Waals surface area contributed by atoms with Gasteiger partial charge in [-0.05, 0) is 24.3 Å². The maximum Gasteiger partial charge on any atom is 0.416 e. The van der Waals surface area contributed by atoms with E-state index in [9.17, 15) is 18.0 Å². The first-order chi connectivity index (χ1) is 11.0. The third-order valence-corrected chi connectivity index (χ3v) is 4.27. The standard InChI is InChI=1S/C16H11F3N2OS/c17-16(18,19)12-5-3-11(4-6-12)15-20-13(10-23-15)8-21-7-1-2-14(21)9-22/h1-7,9-10H,8H2. The van der Waals surface area contributed by atoms with E-state index in [1.54, 1.807) is 22.9 Å². The molecule has 0 atom stereocenters. The van der Waals surface area contributed by atoms with Crippen LogP contribution in [0, 0.1) is 0 Å². The van der Waals surface area contributed by atoms with Gasteiger partial charge in [-0.25, -0.2) is 4.98 Å². The van der Waals surface area contributed by atoms with Gasteiger partial charge in [0, 0.05) is 17.1 Å². The van der Waals surface area contributed by atoms with Crippen molar-refractivity contribution in [1.82, 2.24) is 9.55 Å². The maximum atomic E-state index is 12.6. The largest absolute Gasteiger partial charge is 0.416 e. The first kappa shape index (κ1) is 15.5. The molecule has 0 saturated heterocycles. The number of halogens is 3. The Morgan fingerprint density at radius 2 is 1.91 bits per heavy atom. The molecule has 0 aliphatic heterocycles. The van der Waals surface area contributed by atoms with Crippen molar-refractivity contribution in [3.05, 3.63) is 64.9 Å². The second kappa shape index (κ2) is 6.00. The van der Waals surface area contributed by atoms with E-state index >= 15 is 0 Å². The third kappa shape index (κ3) is 3.34. The van der Waals surface area contributed by atoms with Crippen LogP contribution in [-0.2, 0) is 12.7 Å². The summed E-state index contributed by atoms with van der Waals surface area (Å²) in [6.45, 7) is 0.443. The van der Waals surface area contributed by atoms with Gasteiger partial charge in [-0.3, -0.25) is 4.79 Å². The maximum absolute atomic E-state index is 12.6. The first-order valence-corrected chi connectivity index (χ1v) is 7.57. The Kier molecular flexibility index (Phi) is 4.04. The summed E-state index contributed by atoms with van der Waals surface area (Å²) in [6, 6.07) is 8.40. The lowest BCUT2D eigenvalue weighted by Gasteiger charge is -2.06. The zero-order valence-electron chi connectivity index (χ0n) is 11.7. The summed E-state index contributed by atoms with van der Waals surface area (Å²) >= 11 is 1.36. The molecular formula is C16H11F3N2OS. The van der Waals surface area contributed by atoms with Gasteiger partial charge in [0.2, 0.25) is 0 Å². The summed E-state index contributed by atoms with van der Waals surface area (Å²) in [6.07, 6.45) is -1.80. The van der Waals surface area contributed by atoms with E-state index in [0.717, 1.165) is 24.1 Å². The van der Waals surface area contributed by atoms with Gasteiger partial charge in [-0.15, -0.1) is 11.3 Å². The van der Waals surface area contributed by atoms with Gasteiger partial charge < -0.3 is 4.57 Å². The number of carbonyl (C=O) groups is 1. The zero-order chi connectivity index (χ0) is 16.4. The second-order valence-electron chi connectivity index (χ2n) is 4.90. The van der Waals surface area contributed by atoms with Gasteiger partial charge in [-0.1, -0.05) is 12.1 Å². The van der Waals surface area contributed by atoms with Crippen molar-refractivity contribution < 1.29 is 18.0 Å². The molecule has 0 bridgehead atoms. The summed E-state index contributed by atoms with van der Waals surface area (Å²) in [5.74, 6) is 0. The molecule has 0 radical (unpaired) electrons. The number of hydrogen-bond acceptors (Lipinski definition) is 3. The normalized spacial score (nSPS) is 11.6. The fourth-order valence-corrected chi connectivity index (χ4v) is 2.98. The fraction of sp³-hybridized carbons (Fsp3) is 0.125. The minimum Gasteiger partial charge on any atom is -0.339 e. The molecule has 0 saturated carbocycles. The molecule has 0 aliphatic rings. The molecule has 0 aliphatic carbocycles. The SMILES string of the molecule is O=Cc1cccn1Cc1csc(-c2ccc(C(F)(F)F)cc2)n1. The lowest BCUT2D eigenvalue weighted by atomic mass is 10.1. The molecule has 3 rings (SSSR count). The van der Waals surface area contributed by atoms with Crippen molar-refractivity contribution in [2.45, 2.75) is 12.7 Å². The number of alkyl halides is 3. The fourth-order valence-electron chi connectivity index (χ4n) is 2.17. The van der Waals surface area contributed by atoms with Gasteiger partial charge in [-0.2, -0.15) is 13.2 Å². The summed E-state index contributed by atoms with van der Waals surface area (Å²) in [5, 5.41) is 2.48. The Balaban J connectivity index is 1.80. The van der Waals surface area contributed by atoms with Crippen LogP contribution in [0.4, 0.5) is 13.2 Å². The van der Waals surface area contributed by atoms with Gasteiger partial charge >= 0.3 is 6.18 Å². The lowest BCUT2D eigenvalue weighted by Crippen LogP contribution is -2.04. The summed E-state index contributed by atoms with van der Waals surface area (Å²) in [4.78, 5) is 15.3. The number of benzene rings is 1. The van der Waals surface area contributed by atoms with E-state index in [2.05, 4.69) is 4.98 Å². The molecule has 3 aromatic rings. The molecule has 0 amide bonds. The highest BCUT2D eigenvalue weighted by Crippen LogP contribution is 2.31. The third-order valence-electron chi connectivity index (χ3n) is 3.33. The number of hydrogen-bond donors (Lipinski definition) is 0. The van der Waals surface area contributed by atoms with E-state index < -0.39 is 11.7 Å². The van der Waals surface area contributed by atoms with Crippen LogP contribution in [0.25, 0.3) is 10.6 Å². The molecule has 118 valence electrons. The molecular weight excluding hydrogens is 325 g/mol. The number of carbonyl (C=O) groups excluding carboxylic acids is 1. The Hall–Kier alpha value is -2.41. The van der Waals surface area contributed by atoms with Crippen LogP contribution in [0.3, 0.4) is 0 Å². The van der Waals surface area contributed by atoms with Crippen LogP contribution in [0.2, 0.25) is 0 Å². The molecule has 0 unspecified atom stereocenters. The van der Waals surface area contributed by atoms with Crippen LogP contribution in [0.1, 0.15) is 21.7 Å². The van der Waals surface area contributed by atoms with E-state index in [1.165, 1.54) is 23.5 Å². The molecule has 2 heterocycles. The van der Waals surface area contributed by atoms with Crippen LogP contribution >= 0.6 is 11.3 Å². The number of thiazole rings is 1. The van der Waals surface area contributed by atoms with Gasteiger partial charge in [0.05, 0.1) is 23.5 Å². The Bertz CT molecular complexity index is 818. The number of aldehydes is 1. The Labute approximate surface area is 134 Å². The quantitative estimate of drug-likeness (QED) is 0.658. The molecule has 3 nitrogen and oxygen atoms in total. The van der Waals surface area contributed by atoms with Crippen LogP contribution in [-0.4, -0.2) is 15.8 Å². The van der Waals surface area contributed by atoms with E-state index in [-0.39, 0.29) is 0 Å². The molecule has 7 heteroatoms. The van der Waals surface area contributed by atoms with Crippen LogP contribution in [0.15, 0.2) is 48.0 Å². The molecule has 0 N–H and O–H groups in total. The highest BCUT2D eigenvalue weighted by atomic mass is 32.1. The monoisotopic (exact) mass is 336 g/mol. The number of rotatable bonds is 4. The van der Waals surface area contributed by atoms with Crippen molar-refractivity contribution in [2.75, 3.05) is 0 Å². The average Bonchev–Trinajstić information content (AvgIpc) is 3.16. The second-order valence-corrected chi connectivity index (χ2v) is 5.76. The van der Waals surface area contributed by atoms with Crippen molar-refractivity contribution in [1.29, 1.82) is 0 Å². The molecule has 23 heavy (non-hydrogen) atoms. The van der Waals surface area contributed by atoms with Crippen molar-refractivity contribution in [2.24, 2.45) is 0 Å². The van der Waals surface area contributed by atoms with Crippen molar-refractivity contribution >= 4 is 17.6 Å². The van der Waals surface area contributed by atoms with Crippen LogP contribution < -0.4 is 0 Å². The highest BCUT2D eigenvalue weighted by Gasteiger charge is 2.30.